The van der Waals surface area contributed by atoms with Crippen LogP contribution in [-0.4, -0.2) is 36.6 Å². The van der Waals surface area contributed by atoms with Crippen LogP contribution in [0.1, 0.15) is 16.8 Å². The lowest BCUT2D eigenvalue weighted by atomic mass is 10.1. The lowest BCUT2D eigenvalue weighted by molar-refractivity contribution is 0.243. The molecular formula is C16H16N6. The van der Waals surface area contributed by atoms with Crippen molar-refractivity contribution in [2.75, 3.05) is 6.54 Å². The number of hydrogen-bond donors (Lipinski definition) is 1. The van der Waals surface area contributed by atoms with Crippen LogP contribution in [0.3, 0.4) is 0 Å². The van der Waals surface area contributed by atoms with Gasteiger partial charge >= 0.3 is 0 Å². The molecule has 1 aliphatic rings. The van der Waals surface area contributed by atoms with Gasteiger partial charge in [-0.05, 0) is 12.1 Å². The topological polar surface area (TPSA) is 70.6 Å². The number of aromatic amines is 1. The molecular weight excluding hydrogens is 276 g/mol. The predicted molar refractivity (Wildman–Crippen MR) is 81.7 cm³/mol. The molecule has 0 bridgehead atoms. The van der Waals surface area contributed by atoms with Gasteiger partial charge in [-0.1, -0.05) is 0 Å². The van der Waals surface area contributed by atoms with Crippen molar-refractivity contribution < 1.29 is 0 Å². The van der Waals surface area contributed by atoms with Crippen molar-refractivity contribution in [3.63, 3.8) is 0 Å². The Hall–Kier alpha value is -2.60. The molecule has 0 fully saturated rings. The van der Waals surface area contributed by atoms with E-state index in [1.807, 2.05) is 30.7 Å². The Kier molecular flexibility index (Phi) is 3.36. The molecule has 22 heavy (non-hydrogen) atoms. The quantitative estimate of drug-likeness (QED) is 0.797. The molecule has 0 saturated heterocycles. The van der Waals surface area contributed by atoms with Gasteiger partial charge in [0, 0.05) is 67.5 Å². The van der Waals surface area contributed by atoms with Gasteiger partial charge in [-0.3, -0.25) is 15.0 Å². The molecule has 3 aromatic heterocycles. The summed E-state index contributed by atoms with van der Waals surface area (Å²) in [7, 11) is 0. The van der Waals surface area contributed by atoms with Crippen LogP contribution in [0.2, 0.25) is 0 Å². The number of H-pyrrole nitrogens is 1. The van der Waals surface area contributed by atoms with E-state index in [-0.39, 0.29) is 0 Å². The van der Waals surface area contributed by atoms with Crippen LogP contribution < -0.4 is 0 Å². The first-order chi connectivity index (χ1) is 10.9. The zero-order valence-corrected chi connectivity index (χ0v) is 12.1. The molecule has 6 heteroatoms. The summed E-state index contributed by atoms with van der Waals surface area (Å²) in [6.45, 7) is 2.80. The standard InChI is InChI=1S/C16H16N6/c1-4-17-5-2-13(1)16-18-9-14-11-22(6-3-15(14)21-16)10-12-7-19-20-8-12/h1-2,4-5,7-9H,3,6,10-11H2,(H,19,20). The summed E-state index contributed by atoms with van der Waals surface area (Å²) < 4.78 is 0. The van der Waals surface area contributed by atoms with Crippen LogP contribution in [-0.2, 0) is 19.5 Å². The summed E-state index contributed by atoms with van der Waals surface area (Å²) in [5.74, 6) is 0.782. The highest BCUT2D eigenvalue weighted by Gasteiger charge is 2.19. The average Bonchev–Trinajstić information content (AvgIpc) is 3.08. The summed E-state index contributed by atoms with van der Waals surface area (Å²) in [6, 6.07) is 3.88. The van der Waals surface area contributed by atoms with Crippen molar-refractivity contribution >= 4 is 0 Å². The SMILES string of the molecule is c1cc(-c2ncc3c(n2)CCN(Cc2cn[nH]c2)C3)ccn1. The number of rotatable bonds is 3. The minimum Gasteiger partial charge on any atom is -0.294 e. The maximum atomic E-state index is 4.73. The Labute approximate surface area is 128 Å². The molecule has 1 aliphatic heterocycles. The van der Waals surface area contributed by atoms with E-state index < -0.39 is 0 Å². The van der Waals surface area contributed by atoms with Crippen molar-refractivity contribution in [2.45, 2.75) is 19.5 Å². The van der Waals surface area contributed by atoms with Gasteiger partial charge in [-0.2, -0.15) is 5.10 Å². The van der Waals surface area contributed by atoms with Crippen molar-refractivity contribution in [1.29, 1.82) is 0 Å². The molecule has 0 radical (unpaired) electrons. The first-order valence-electron chi connectivity index (χ1n) is 7.34. The second kappa shape index (κ2) is 5.65. The molecule has 6 nitrogen and oxygen atoms in total. The van der Waals surface area contributed by atoms with E-state index >= 15 is 0 Å². The van der Waals surface area contributed by atoms with E-state index in [1.54, 1.807) is 12.4 Å². The summed E-state index contributed by atoms with van der Waals surface area (Å²) in [6.07, 6.45) is 10.3. The normalized spacial score (nSPS) is 14.7. The summed E-state index contributed by atoms with van der Waals surface area (Å²) in [5.41, 5.74) is 4.59. The first kappa shape index (κ1) is 13.1. The van der Waals surface area contributed by atoms with Gasteiger partial charge in [0.05, 0.1) is 11.9 Å². The zero-order chi connectivity index (χ0) is 14.8. The van der Waals surface area contributed by atoms with Crippen LogP contribution in [0.25, 0.3) is 11.4 Å². The minimum absolute atomic E-state index is 0.782. The van der Waals surface area contributed by atoms with Gasteiger partial charge < -0.3 is 0 Å². The molecule has 0 aromatic carbocycles. The van der Waals surface area contributed by atoms with Crippen molar-refractivity contribution in [1.82, 2.24) is 30.0 Å². The van der Waals surface area contributed by atoms with Gasteiger partial charge in [0.25, 0.3) is 0 Å². The van der Waals surface area contributed by atoms with E-state index in [0.29, 0.717) is 0 Å². The lowest BCUT2D eigenvalue weighted by Crippen LogP contribution is -2.30. The van der Waals surface area contributed by atoms with Crippen LogP contribution in [0.5, 0.6) is 0 Å². The molecule has 1 N–H and O–H groups in total. The Bertz CT molecular complexity index is 754. The van der Waals surface area contributed by atoms with E-state index in [4.69, 9.17) is 4.98 Å². The monoisotopic (exact) mass is 292 g/mol. The van der Waals surface area contributed by atoms with E-state index in [2.05, 4.69) is 25.1 Å². The Morgan fingerprint density at radius 2 is 2.09 bits per heavy atom. The molecule has 4 heterocycles. The highest BCUT2D eigenvalue weighted by atomic mass is 15.1. The van der Waals surface area contributed by atoms with Gasteiger partial charge in [0.1, 0.15) is 0 Å². The van der Waals surface area contributed by atoms with Gasteiger partial charge in [0.2, 0.25) is 0 Å². The van der Waals surface area contributed by atoms with Crippen molar-refractivity contribution in [2.24, 2.45) is 0 Å². The van der Waals surface area contributed by atoms with Gasteiger partial charge in [0.15, 0.2) is 5.82 Å². The highest BCUT2D eigenvalue weighted by molar-refractivity contribution is 5.54. The Morgan fingerprint density at radius 1 is 1.18 bits per heavy atom. The largest absolute Gasteiger partial charge is 0.294 e. The molecule has 0 aliphatic carbocycles. The number of nitrogens with zero attached hydrogens (tertiary/aromatic N) is 5. The van der Waals surface area contributed by atoms with Gasteiger partial charge in [-0.15, -0.1) is 0 Å². The predicted octanol–water partition coefficient (Wildman–Crippen LogP) is 1.82. The number of pyridine rings is 1. The van der Waals surface area contributed by atoms with E-state index in [1.165, 1.54) is 11.1 Å². The summed E-state index contributed by atoms with van der Waals surface area (Å²) in [4.78, 5) is 15.7. The van der Waals surface area contributed by atoms with Gasteiger partial charge in [-0.25, -0.2) is 9.97 Å². The molecule has 4 rings (SSSR count). The third-order valence-corrected chi connectivity index (χ3v) is 3.91. The third kappa shape index (κ3) is 2.60. The average molecular weight is 292 g/mol. The fourth-order valence-corrected chi connectivity index (χ4v) is 2.77. The molecule has 110 valence electrons. The highest BCUT2D eigenvalue weighted by Crippen LogP contribution is 2.21. The first-order valence-corrected chi connectivity index (χ1v) is 7.34. The second-order valence-electron chi connectivity index (χ2n) is 5.47. The molecule has 0 saturated carbocycles. The molecule has 0 atom stereocenters. The number of nitrogens with one attached hydrogen (secondary N) is 1. The fourth-order valence-electron chi connectivity index (χ4n) is 2.77. The van der Waals surface area contributed by atoms with Crippen LogP contribution >= 0.6 is 0 Å². The smallest absolute Gasteiger partial charge is 0.159 e. The van der Waals surface area contributed by atoms with E-state index in [9.17, 15) is 0 Å². The fraction of sp³-hybridized carbons (Fsp3) is 0.250. The number of hydrogen-bond acceptors (Lipinski definition) is 5. The zero-order valence-electron chi connectivity index (χ0n) is 12.1. The van der Waals surface area contributed by atoms with E-state index in [0.717, 1.165) is 43.1 Å². The lowest BCUT2D eigenvalue weighted by Gasteiger charge is -2.27. The molecule has 0 spiro atoms. The number of aromatic nitrogens is 5. The summed E-state index contributed by atoms with van der Waals surface area (Å²) >= 11 is 0. The number of fused-ring (bicyclic) bond motifs is 1. The van der Waals surface area contributed by atoms with Crippen molar-refractivity contribution in [3.8, 4) is 11.4 Å². The maximum absolute atomic E-state index is 4.73. The third-order valence-electron chi connectivity index (χ3n) is 3.91. The summed E-state index contributed by atoms with van der Waals surface area (Å²) in [5, 5.41) is 6.85. The van der Waals surface area contributed by atoms with Crippen molar-refractivity contribution in [3.05, 3.63) is 59.9 Å². The molecule has 0 unspecified atom stereocenters. The van der Waals surface area contributed by atoms with Crippen LogP contribution in [0.15, 0.2) is 43.1 Å². The molecule has 0 amide bonds. The van der Waals surface area contributed by atoms with Crippen LogP contribution in [0.4, 0.5) is 0 Å². The minimum atomic E-state index is 0.782. The maximum Gasteiger partial charge on any atom is 0.159 e. The Balaban J connectivity index is 1.54. The van der Waals surface area contributed by atoms with Crippen LogP contribution in [0, 0.1) is 0 Å². The Morgan fingerprint density at radius 3 is 2.91 bits per heavy atom. The second-order valence-corrected chi connectivity index (χ2v) is 5.47. The molecule has 3 aromatic rings.